The fraction of sp³-hybridized carbons (Fsp3) is 0.227. The molecular weight excluding hydrogens is 461 g/mol. The maximum absolute atomic E-state index is 4.72. The van der Waals surface area contributed by atoms with Crippen molar-refractivity contribution in [1.82, 2.24) is 20.6 Å². The fourth-order valence-electron chi connectivity index (χ4n) is 3.38. The molecular formula is C22H26IN5. The molecule has 2 aromatic heterocycles. The van der Waals surface area contributed by atoms with E-state index in [0.717, 1.165) is 36.7 Å². The predicted molar refractivity (Wildman–Crippen MR) is 129 cm³/mol. The van der Waals surface area contributed by atoms with Crippen molar-refractivity contribution in [3.63, 3.8) is 0 Å². The Hall–Kier alpha value is -2.48. The molecule has 0 aliphatic heterocycles. The van der Waals surface area contributed by atoms with Gasteiger partial charge in [0.15, 0.2) is 5.96 Å². The molecule has 0 saturated carbocycles. The Morgan fingerprint density at radius 3 is 2.61 bits per heavy atom. The molecule has 0 fully saturated rings. The molecule has 146 valence electrons. The van der Waals surface area contributed by atoms with E-state index in [1.54, 1.807) is 0 Å². The second-order valence-electron chi connectivity index (χ2n) is 6.61. The van der Waals surface area contributed by atoms with Gasteiger partial charge in [0.25, 0.3) is 0 Å². The van der Waals surface area contributed by atoms with Crippen molar-refractivity contribution in [2.24, 2.45) is 4.99 Å². The Labute approximate surface area is 182 Å². The van der Waals surface area contributed by atoms with Gasteiger partial charge in [-0.3, -0.25) is 0 Å². The summed E-state index contributed by atoms with van der Waals surface area (Å²) in [4.78, 5) is 11.5. The minimum absolute atomic E-state index is 0. The minimum atomic E-state index is 0. The Morgan fingerprint density at radius 2 is 1.79 bits per heavy atom. The summed E-state index contributed by atoms with van der Waals surface area (Å²) in [5.74, 6) is 0.844. The Kier molecular flexibility index (Phi) is 6.97. The third-order valence-electron chi connectivity index (χ3n) is 4.70. The highest BCUT2D eigenvalue weighted by molar-refractivity contribution is 14.0. The molecule has 0 atom stereocenters. The monoisotopic (exact) mass is 487 g/mol. The highest BCUT2D eigenvalue weighted by Gasteiger charge is 2.04. The van der Waals surface area contributed by atoms with Crippen molar-refractivity contribution in [3.05, 3.63) is 72.1 Å². The number of nitrogens with one attached hydrogen (secondary N) is 4. The van der Waals surface area contributed by atoms with Crippen molar-refractivity contribution >= 4 is 51.7 Å². The zero-order chi connectivity index (χ0) is 18.5. The van der Waals surface area contributed by atoms with Gasteiger partial charge in [-0.2, -0.15) is 0 Å². The SMILES string of the molecule is CCNC(=NCc1cc2ccccc2[nH]1)NCCc1c[nH]c2ccccc12.I. The van der Waals surface area contributed by atoms with Crippen LogP contribution in [-0.4, -0.2) is 29.0 Å². The number of halogens is 1. The Bertz CT molecular complexity index is 1030. The molecule has 5 nitrogen and oxygen atoms in total. The van der Waals surface area contributed by atoms with E-state index in [1.807, 2.05) is 6.07 Å². The van der Waals surface area contributed by atoms with Gasteiger partial charge in [-0.1, -0.05) is 36.4 Å². The molecule has 0 bridgehead atoms. The summed E-state index contributed by atoms with van der Waals surface area (Å²) >= 11 is 0. The molecule has 0 radical (unpaired) electrons. The maximum atomic E-state index is 4.72. The number of para-hydroxylation sites is 2. The van der Waals surface area contributed by atoms with Crippen LogP contribution in [-0.2, 0) is 13.0 Å². The number of H-pyrrole nitrogens is 2. The standard InChI is InChI=1S/C22H25N5.HI/c1-2-23-22(26-15-18-13-16-7-3-5-9-20(16)27-18)24-12-11-17-14-25-21-10-6-4-8-19(17)21;/h3-10,13-14,25,27H,2,11-12,15H2,1H3,(H2,23,24,26);1H. The van der Waals surface area contributed by atoms with Gasteiger partial charge in [0.05, 0.1) is 6.54 Å². The van der Waals surface area contributed by atoms with E-state index in [-0.39, 0.29) is 24.0 Å². The van der Waals surface area contributed by atoms with Crippen LogP contribution in [0.1, 0.15) is 18.2 Å². The van der Waals surface area contributed by atoms with E-state index < -0.39 is 0 Å². The van der Waals surface area contributed by atoms with Gasteiger partial charge in [0.2, 0.25) is 0 Å². The van der Waals surface area contributed by atoms with Crippen LogP contribution in [0.15, 0.2) is 65.8 Å². The van der Waals surface area contributed by atoms with Crippen LogP contribution in [0.4, 0.5) is 0 Å². The van der Waals surface area contributed by atoms with E-state index in [2.05, 4.69) is 82.3 Å². The van der Waals surface area contributed by atoms with Crippen LogP contribution >= 0.6 is 24.0 Å². The molecule has 6 heteroatoms. The Balaban J connectivity index is 0.00000225. The summed E-state index contributed by atoms with van der Waals surface area (Å²) in [5, 5.41) is 9.27. The highest BCUT2D eigenvalue weighted by Crippen LogP contribution is 2.18. The number of hydrogen-bond acceptors (Lipinski definition) is 1. The van der Waals surface area contributed by atoms with Crippen molar-refractivity contribution in [2.45, 2.75) is 19.9 Å². The number of nitrogens with zero attached hydrogens (tertiary/aromatic N) is 1. The largest absolute Gasteiger partial charge is 0.361 e. The number of benzene rings is 2. The fourth-order valence-corrected chi connectivity index (χ4v) is 3.38. The van der Waals surface area contributed by atoms with Crippen LogP contribution in [0.2, 0.25) is 0 Å². The van der Waals surface area contributed by atoms with Crippen LogP contribution in [0.3, 0.4) is 0 Å². The van der Waals surface area contributed by atoms with E-state index in [9.17, 15) is 0 Å². The molecule has 4 rings (SSSR count). The second-order valence-corrected chi connectivity index (χ2v) is 6.61. The number of aromatic amines is 2. The van der Waals surface area contributed by atoms with Gasteiger partial charge in [-0.25, -0.2) is 4.99 Å². The van der Waals surface area contributed by atoms with Crippen LogP contribution in [0.5, 0.6) is 0 Å². The maximum Gasteiger partial charge on any atom is 0.191 e. The number of guanidine groups is 1. The number of aliphatic imine (C=N–C) groups is 1. The summed E-state index contributed by atoms with van der Waals surface area (Å²) in [6, 6.07) is 18.9. The molecule has 0 saturated heterocycles. The zero-order valence-corrected chi connectivity index (χ0v) is 18.3. The molecule has 0 aliphatic carbocycles. The van der Waals surface area contributed by atoms with Crippen LogP contribution < -0.4 is 10.6 Å². The molecule has 28 heavy (non-hydrogen) atoms. The van der Waals surface area contributed by atoms with E-state index in [0.29, 0.717) is 6.54 Å². The molecule has 2 heterocycles. The molecule has 4 N–H and O–H groups in total. The number of fused-ring (bicyclic) bond motifs is 2. The van der Waals surface area contributed by atoms with Crippen molar-refractivity contribution in [2.75, 3.05) is 13.1 Å². The normalized spacial score (nSPS) is 11.5. The van der Waals surface area contributed by atoms with E-state index in [4.69, 9.17) is 4.99 Å². The first-order valence-corrected chi connectivity index (χ1v) is 9.47. The highest BCUT2D eigenvalue weighted by atomic mass is 127. The van der Waals surface area contributed by atoms with Gasteiger partial charge < -0.3 is 20.6 Å². The molecule has 2 aromatic carbocycles. The second kappa shape index (κ2) is 9.64. The summed E-state index contributed by atoms with van der Waals surface area (Å²) in [6.45, 7) is 4.38. The molecule has 0 spiro atoms. The van der Waals surface area contributed by atoms with Crippen molar-refractivity contribution < 1.29 is 0 Å². The summed E-state index contributed by atoms with van der Waals surface area (Å²) in [6.07, 6.45) is 3.04. The predicted octanol–water partition coefficient (Wildman–Crippen LogP) is 4.57. The van der Waals surface area contributed by atoms with Gasteiger partial charge in [-0.15, -0.1) is 24.0 Å². The molecule has 0 amide bonds. The van der Waals surface area contributed by atoms with Crippen molar-refractivity contribution in [3.8, 4) is 0 Å². The van der Waals surface area contributed by atoms with Crippen LogP contribution in [0, 0.1) is 0 Å². The third kappa shape index (κ3) is 4.67. The van der Waals surface area contributed by atoms with E-state index in [1.165, 1.54) is 21.9 Å². The van der Waals surface area contributed by atoms with Gasteiger partial charge in [-0.05, 0) is 42.5 Å². The lowest BCUT2D eigenvalue weighted by molar-refractivity contribution is 0.800. The van der Waals surface area contributed by atoms with Crippen LogP contribution in [0.25, 0.3) is 21.8 Å². The quantitative estimate of drug-likeness (QED) is 0.183. The van der Waals surface area contributed by atoms with Crippen molar-refractivity contribution in [1.29, 1.82) is 0 Å². The lowest BCUT2D eigenvalue weighted by Crippen LogP contribution is -2.38. The first kappa shape index (κ1) is 20.3. The molecule has 4 aromatic rings. The number of hydrogen-bond donors (Lipinski definition) is 4. The topological polar surface area (TPSA) is 68.0 Å². The molecule has 0 unspecified atom stereocenters. The smallest absolute Gasteiger partial charge is 0.191 e. The molecule has 0 aliphatic rings. The number of rotatable bonds is 6. The average Bonchev–Trinajstić information content (AvgIpc) is 3.30. The lowest BCUT2D eigenvalue weighted by Gasteiger charge is -2.10. The summed E-state index contributed by atoms with van der Waals surface area (Å²) in [7, 11) is 0. The third-order valence-corrected chi connectivity index (χ3v) is 4.70. The number of aromatic nitrogens is 2. The lowest BCUT2D eigenvalue weighted by atomic mass is 10.1. The minimum Gasteiger partial charge on any atom is -0.361 e. The summed E-state index contributed by atoms with van der Waals surface area (Å²) < 4.78 is 0. The van der Waals surface area contributed by atoms with Gasteiger partial charge in [0.1, 0.15) is 0 Å². The van der Waals surface area contributed by atoms with E-state index >= 15 is 0 Å². The first-order chi connectivity index (χ1) is 13.3. The summed E-state index contributed by atoms with van der Waals surface area (Å²) in [5.41, 5.74) is 4.78. The van der Waals surface area contributed by atoms with Gasteiger partial charge >= 0.3 is 0 Å². The zero-order valence-electron chi connectivity index (χ0n) is 16.0. The Morgan fingerprint density at radius 1 is 1.00 bits per heavy atom. The van der Waals surface area contributed by atoms with Gasteiger partial charge in [0, 0.05) is 41.4 Å². The first-order valence-electron chi connectivity index (χ1n) is 9.47. The average molecular weight is 487 g/mol.